The highest BCUT2D eigenvalue weighted by molar-refractivity contribution is 9.10. The molecule has 0 fully saturated rings. The molecule has 5 heteroatoms. The van der Waals surface area contributed by atoms with E-state index in [-0.39, 0.29) is 11.5 Å². The fourth-order valence-electron chi connectivity index (χ4n) is 1.78. The molecule has 0 saturated heterocycles. The Kier molecular flexibility index (Phi) is 5.70. The topological polar surface area (TPSA) is 43.4 Å². The molecule has 0 spiro atoms. The van der Waals surface area contributed by atoms with Gasteiger partial charge in [-0.3, -0.25) is 9.00 Å². The lowest BCUT2D eigenvalue weighted by Gasteiger charge is -2.05. The molecular weight excluding hydrogens is 352 g/mol. The summed E-state index contributed by atoms with van der Waals surface area (Å²) in [5.41, 5.74) is 0.545. The van der Waals surface area contributed by atoms with Crippen molar-refractivity contribution in [3.63, 3.8) is 0 Å². The number of rotatable bonds is 6. The maximum absolute atomic E-state index is 12.2. The van der Waals surface area contributed by atoms with E-state index in [1.165, 1.54) is 0 Å². The predicted octanol–water partition coefficient (Wildman–Crippen LogP) is 3.84. The summed E-state index contributed by atoms with van der Waals surface area (Å²) in [6.07, 6.45) is 0. The Hall–Kier alpha value is -1.46. The van der Waals surface area contributed by atoms with Crippen LogP contribution >= 0.6 is 15.9 Å². The number of hydrogen-bond acceptors (Lipinski definition) is 3. The van der Waals surface area contributed by atoms with Crippen LogP contribution in [0.1, 0.15) is 17.3 Å². The van der Waals surface area contributed by atoms with Gasteiger partial charge >= 0.3 is 0 Å². The van der Waals surface area contributed by atoms with Crippen LogP contribution in [-0.2, 0) is 10.8 Å². The van der Waals surface area contributed by atoms with Crippen LogP contribution in [-0.4, -0.2) is 22.4 Å². The quantitative estimate of drug-likeness (QED) is 0.729. The fourth-order valence-corrected chi connectivity index (χ4v) is 3.05. The molecular formula is C16H15BrO3S. The van der Waals surface area contributed by atoms with Crippen molar-refractivity contribution in [1.29, 1.82) is 0 Å². The van der Waals surface area contributed by atoms with E-state index in [2.05, 4.69) is 15.9 Å². The largest absolute Gasteiger partial charge is 0.494 e. The number of ether oxygens (including phenoxy) is 1. The highest BCUT2D eigenvalue weighted by atomic mass is 79.9. The van der Waals surface area contributed by atoms with Gasteiger partial charge in [-0.25, -0.2) is 0 Å². The van der Waals surface area contributed by atoms with Gasteiger partial charge in [0, 0.05) is 14.9 Å². The van der Waals surface area contributed by atoms with Gasteiger partial charge in [-0.1, -0.05) is 15.9 Å². The van der Waals surface area contributed by atoms with Crippen LogP contribution in [0.3, 0.4) is 0 Å². The number of carbonyl (C=O) groups excluding carboxylic acids is 1. The van der Waals surface area contributed by atoms with Gasteiger partial charge in [0.25, 0.3) is 0 Å². The summed E-state index contributed by atoms with van der Waals surface area (Å²) in [5.74, 6) is 0.567. The van der Waals surface area contributed by atoms with Gasteiger partial charge in [0.1, 0.15) is 5.75 Å². The van der Waals surface area contributed by atoms with Crippen molar-refractivity contribution in [2.45, 2.75) is 11.8 Å². The molecule has 0 N–H and O–H groups in total. The third kappa shape index (κ3) is 4.51. The summed E-state index contributed by atoms with van der Waals surface area (Å²) in [6, 6.07) is 14.0. The van der Waals surface area contributed by atoms with Crippen LogP contribution in [0.5, 0.6) is 5.75 Å². The monoisotopic (exact) mass is 366 g/mol. The Morgan fingerprint density at radius 3 is 2.29 bits per heavy atom. The predicted molar refractivity (Wildman–Crippen MR) is 87.4 cm³/mol. The molecule has 3 nitrogen and oxygen atoms in total. The summed E-state index contributed by atoms with van der Waals surface area (Å²) >= 11 is 3.32. The molecule has 0 heterocycles. The first-order chi connectivity index (χ1) is 10.1. The van der Waals surface area contributed by atoms with E-state index in [9.17, 15) is 9.00 Å². The Morgan fingerprint density at radius 1 is 1.10 bits per heavy atom. The van der Waals surface area contributed by atoms with Gasteiger partial charge in [0.05, 0.1) is 23.2 Å². The van der Waals surface area contributed by atoms with Crippen LogP contribution in [0, 0.1) is 0 Å². The smallest absolute Gasteiger partial charge is 0.175 e. The van der Waals surface area contributed by atoms with Crippen molar-refractivity contribution in [2.75, 3.05) is 12.4 Å². The van der Waals surface area contributed by atoms with Gasteiger partial charge in [0.15, 0.2) is 5.78 Å². The summed E-state index contributed by atoms with van der Waals surface area (Å²) in [7, 11) is -1.33. The molecule has 21 heavy (non-hydrogen) atoms. The lowest BCUT2D eigenvalue weighted by Crippen LogP contribution is -2.11. The van der Waals surface area contributed by atoms with Crippen LogP contribution in [0.2, 0.25) is 0 Å². The van der Waals surface area contributed by atoms with E-state index < -0.39 is 10.8 Å². The Bertz CT molecular complexity index is 636. The van der Waals surface area contributed by atoms with E-state index >= 15 is 0 Å². The van der Waals surface area contributed by atoms with Crippen LogP contribution < -0.4 is 4.74 Å². The van der Waals surface area contributed by atoms with E-state index in [1.54, 1.807) is 36.4 Å². The normalized spacial score (nSPS) is 11.9. The highest BCUT2D eigenvalue weighted by Crippen LogP contribution is 2.16. The first-order valence-electron chi connectivity index (χ1n) is 6.50. The minimum absolute atomic E-state index is 0.0182. The van der Waals surface area contributed by atoms with E-state index in [4.69, 9.17) is 4.74 Å². The average Bonchev–Trinajstić information content (AvgIpc) is 2.49. The highest BCUT2D eigenvalue weighted by Gasteiger charge is 2.12. The average molecular weight is 367 g/mol. The molecule has 0 aromatic heterocycles. The summed E-state index contributed by atoms with van der Waals surface area (Å²) in [6.45, 7) is 2.49. The molecule has 0 saturated carbocycles. The van der Waals surface area contributed by atoms with Crippen molar-refractivity contribution < 1.29 is 13.7 Å². The van der Waals surface area contributed by atoms with Crippen LogP contribution in [0.25, 0.3) is 0 Å². The summed E-state index contributed by atoms with van der Waals surface area (Å²) in [5, 5.41) is 0. The zero-order valence-electron chi connectivity index (χ0n) is 11.5. The SMILES string of the molecule is CCOc1ccc(C(=O)CS(=O)c2ccc(Br)cc2)cc1. The molecule has 2 aromatic rings. The third-order valence-electron chi connectivity index (χ3n) is 2.83. The Balaban J connectivity index is 2.03. The molecule has 0 aliphatic rings. The van der Waals surface area contributed by atoms with Crippen molar-refractivity contribution in [2.24, 2.45) is 0 Å². The molecule has 0 amide bonds. The van der Waals surface area contributed by atoms with Gasteiger partial charge in [-0.05, 0) is 55.5 Å². The zero-order chi connectivity index (χ0) is 15.2. The number of carbonyl (C=O) groups is 1. The Morgan fingerprint density at radius 2 is 1.71 bits per heavy atom. The van der Waals surface area contributed by atoms with Crippen molar-refractivity contribution in [3.05, 3.63) is 58.6 Å². The molecule has 2 aromatic carbocycles. The minimum Gasteiger partial charge on any atom is -0.494 e. The summed E-state index contributed by atoms with van der Waals surface area (Å²) in [4.78, 5) is 12.8. The van der Waals surface area contributed by atoms with Crippen LogP contribution in [0.4, 0.5) is 0 Å². The number of ketones is 1. The first kappa shape index (κ1) is 15.9. The van der Waals surface area contributed by atoms with Crippen molar-refractivity contribution in [1.82, 2.24) is 0 Å². The van der Waals surface area contributed by atoms with E-state index in [0.717, 1.165) is 10.2 Å². The number of hydrogen-bond donors (Lipinski definition) is 0. The number of benzene rings is 2. The molecule has 2 rings (SSSR count). The molecule has 0 radical (unpaired) electrons. The lowest BCUT2D eigenvalue weighted by atomic mass is 10.1. The van der Waals surface area contributed by atoms with Crippen molar-refractivity contribution >= 4 is 32.5 Å². The second kappa shape index (κ2) is 7.52. The second-order valence-corrected chi connectivity index (χ2v) is 6.69. The fraction of sp³-hybridized carbons (Fsp3) is 0.188. The third-order valence-corrected chi connectivity index (χ3v) is 4.68. The Labute approximate surface area is 134 Å². The van der Waals surface area contributed by atoms with Gasteiger partial charge in [-0.2, -0.15) is 0 Å². The maximum atomic E-state index is 12.2. The lowest BCUT2D eigenvalue weighted by molar-refractivity contribution is 0.102. The minimum atomic E-state index is -1.33. The van der Waals surface area contributed by atoms with Crippen LogP contribution in [0.15, 0.2) is 57.9 Å². The number of halogens is 1. The molecule has 1 unspecified atom stereocenters. The summed E-state index contributed by atoms with van der Waals surface area (Å²) < 4.78 is 18.4. The maximum Gasteiger partial charge on any atom is 0.175 e. The molecule has 0 aliphatic carbocycles. The molecule has 110 valence electrons. The first-order valence-corrected chi connectivity index (χ1v) is 8.61. The second-order valence-electron chi connectivity index (χ2n) is 4.32. The van der Waals surface area contributed by atoms with Gasteiger partial charge in [0.2, 0.25) is 0 Å². The van der Waals surface area contributed by atoms with Gasteiger partial charge < -0.3 is 4.74 Å². The molecule has 1 atom stereocenters. The molecule has 0 bridgehead atoms. The zero-order valence-corrected chi connectivity index (χ0v) is 13.9. The molecule has 0 aliphatic heterocycles. The van der Waals surface area contributed by atoms with Gasteiger partial charge in [-0.15, -0.1) is 0 Å². The van der Waals surface area contributed by atoms with Crippen molar-refractivity contribution in [3.8, 4) is 5.75 Å². The number of Topliss-reactive ketones (excluding diaryl/α,β-unsaturated/α-hetero) is 1. The standard InChI is InChI=1S/C16H15BrO3S/c1-2-20-14-7-3-12(4-8-14)16(18)11-21(19)15-9-5-13(17)6-10-15/h3-10H,2,11H2,1H3. The van der Waals surface area contributed by atoms with E-state index in [0.29, 0.717) is 17.1 Å². The van der Waals surface area contributed by atoms with E-state index in [1.807, 2.05) is 19.1 Å².